The second-order valence-corrected chi connectivity index (χ2v) is 7.33. The maximum atomic E-state index is 13.7. The van der Waals surface area contributed by atoms with Gasteiger partial charge in [0.2, 0.25) is 0 Å². The van der Waals surface area contributed by atoms with Gasteiger partial charge in [0, 0.05) is 11.3 Å². The fraction of sp³-hybridized carbons (Fsp3) is 0.211. The highest BCUT2D eigenvalue weighted by molar-refractivity contribution is 8.04. The predicted molar refractivity (Wildman–Crippen MR) is 97.1 cm³/mol. The summed E-state index contributed by atoms with van der Waals surface area (Å²) >= 11 is 0.800. The minimum atomic E-state index is -4.49. The Kier molecular flexibility index (Phi) is 5.38. The van der Waals surface area contributed by atoms with E-state index in [-0.39, 0.29) is 0 Å². The largest absolute Gasteiger partial charge is 0.477 e. The Morgan fingerprint density at radius 2 is 1.71 bits per heavy atom. The summed E-state index contributed by atoms with van der Waals surface area (Å²) in [6.07, 6.45) is -7.51. The highest BCUT2D eigenvalue weighted by atomic mass is 32.2. The molecule has 1 aliphatic heterocycles. The molecular formula is C19H14F5NO2S. The second kappa shape index (κ2) is 7.46. The molecule has 2 aromatic carbocycles. The summed E-state index contributed by atoms with van der Waals surface area (Å²) in [6.45, 7) is 1.59. The van der Waals surface area contributed by atoms with E-state index in [1.54, 1.807) is 25.1 Å². The zero-order valence-electron chi connectivity index (χ0n) is 14.4. The maximum absolute atomic E-state index is 13.7. The molecule has 28 heavy (non-hydrogen) atoms. The zero-order chi connectivity index (χ0) is 20.6. The number of hydrogen-bond donors (Lipinski definition) is 1. The van der Waals surface area contributed by atoms with Gasteiger partial charge < -0.3 is 10.0 Å². The molecule has 0 saturated carbocycles. The van der Waals surface area contributed by atoms with E-state index in [1.807, 2.05) is 0 Å². The Hall–Kier alpha value is -2.55. The van der Waals surface area contributed by atoms with Crippen LogP contribution in [-0.4, -0.2) is 22.9 Å². The minimum absolute atomic E-state index is 0.300. The molecule has 2 aromatic rings. The van der Waals surface area contributed by atoms with Crippen LogP contribution in [0.1, 0.15) is 12.5 Å². The van der Waals surface area contributed by atoms with E-state index < -0.39 is 40.1 Å². The number of alkyl halides is 5. The van der Waals surface area contributed by atoms with Crippen LogP contribution in [-0.2, 0) is 11.0 Å². The van der Waals surface area contributed by atoms with E-state index in [2.05, 4.69) is 0 Å². The Balaban J connectivity index is 2.11. The highest BCUT2D eigenvalue weighted by Crippen LogP contribution is 2.46. The molecule has 3 rings (SSSR count). The first-order chi connectivity index (χ1) is 13.1. The van der Waals surface area contributed by atoms with E-state index in [1.165, 1.54) is 23.1 Å². The van der Waals surface area contributed by atoms with Crippen LogP contribution in [0.4, 0.5) is 27.6 Å². The molecule has 1 unspecified atom stereocenters. The fourth-order valence-corrected chi connectivity index (χ4v) is 4.13. The SMILES string of the molecule is CC1SC(C(=O)O)=C(C(F)F)N1c1ccccc1-c1ccc(C(F)(F)F)cc1. The lowest BCUT2D eigenvalue weighted by Gasteiger charge is -2.28. The first-order valence-corrected chi connectivity index (χ1v) is 8.97. The van der Waals surface area contributed by atoms with Crippen LogP contribution in [0.25, 0.3) is 11.1 Å². The van der Waals surface area contributed by atoms with Crippen LogP contribution in [0, 0.1) is 0 Å². The molecule has 0 radical (unpaired) electrons. The normalized spacial score (nSPS) is 17.5. The van der Waals surface area contributed by atoms with Gasteiger partial charge in [0.25, 0.3) is 6.43 Å². The average Bonchev–Trinajstić information content (AvgIpc) is 2.99. The van der Waals surface area contributed by atoms with E-state index in [4.69, 9.17) is 0 Å². The number of para-hydroxylation sites is 1. The van der Waals surface area contributed by atoms with Gasteiger partial charge in [-0.15, -0.1) is 0 Å². The quantitative estimate of drug-likeness (QED) is 0.638. The van der Waals surface area contributed by atoms with Gasteiger partial charge in [-0.25, -0.2) is 13.6 Å². The smallest absolute Gasteiger partial charge is 0.416 e. The molecule has 1 heterocycles. The number of rotatable bonds is 4. The number of aliphatic carboxylic acids is 1. The van der Waals surface area contributed by atoms with Crippen molar-refractivity contribution in [2.45, 2.75) is 24.9 Å². The molecule has 1 aliphatic rings. The number of benzene rings is 2. The summed E-state index contributed by atoms with van der Waals surface area (Å²) in [7, 11) is 0. The lowest BCUT2D eigenvalue weighted by molar-refractivity contribution is -0.137. The third-order valence-corrected chi connectivity index (χ3v) is 5.40. The molecule has 3 nitrogen and oxygen atoms in total. The number of allylic oxidation sites excluding steroid dienone is 1. The van der Waals surface area contributed by atoms with Gasteiger partial charge in [0.1, 0.15) is 10.6 Å². The number of carboxylic acids is 1. The number of thioether (sulfide) groups is 1. The lowest BCUT2D eigenvalue weighted by Crippen LogP contribution is -2.29. The van der Waals surface area contributed by atoms with Crippen molar-refractivity contribution >= 4 is 23.4 Å². The maximum Gasteiger partial charge on any atom is 0.416 e. The number of carboxylic acid groups (broad SMARTS) is 1. The van der Waals surface area contributed by atoms with Gasteiger partial charge in [-0.3, -0.25) is 0 Å². The van der Waals surface area contributed by atoms with Gasteiger partial charge in [-0.2, -0.15) is 13.2 Å². The molecule has 0 spiro atoms. The van der Waals surface area contributed by atoms with E-state index in [0.717, 1.165) is 23.9 Å². The average molecular weight is 415 g/mol. The van der Waals surface area contributed by atoms with Crippen LogP contribution in [0.5, 0.6) is 0 Å². The summed E-state index contributed by atoms with van der Waals surface area (Å²) in [5.74, 6) is -1.44. The third kappa shape index (κ3) is 3.71. The molecule has 0 fully saturated rings. The van der Waals surface area contributed by atoms with Gasteiger partial charge >= 0.3 is 12.1 Å². The molecule has 0 amide bonds. The van der Waals surface area contributed by atoms with Crippen LogP contribution >= 0.6 is 11.8 Å². The van der Waals surface area contributed by atoms with Crippen molar-refractivity contribution in [3.63, 3.8) is 0 Å². The van der Waals surface area contributed by atoms with Gasteiger partial charge in [-0.05, 0) is 30.7 Å². The summed E-state index contributed by atoms with van der Waals surface area (Å²) in [6, 6.07) is 10.7. The van der Waals surface area contributed by atoms with E-state index in [9.17, 15) is 31.9 Å². The van der Waals surface area contributed by atoms with Gasteiger partial charge in [-0.1, -0.05) is 42.1 Å². The predicted octanol–water partition coefficient (Wildman–Crippen LogP) is 5.83. The molecule has 148 valence electrons. The van der Waals surface area contributed by atoms with Crippen molar-refractivity contribution in [3.05, 3.63) is 64.7 Å². The zero-order valence-corrected chi connectivity index (χ0v) is 15.2. The van der Waals surface area contributed by atoms with Crippen molar-refractivity contribution in [2.75, 3.05) is 4.90 Å². The Bertz CT molecular complexity index is 925. The number of anilines is 1. The van der Waals surface area contributed by atoms with Crippen molar-refractivity contribution in [3.8, 4) is 11.1 Å². The number of nitrogens with zero attached hydrogens (tertiary/aromatic N) is 1. The standard InChI is InChI=1S/C19H14F5NO2S/c1-10-25(15(17(20)21)16(28-10)18(26)27)14-5-3-2-4-13(14)11-6-8-12(9-7-11)19(22,23)24/h2-10,17H,1H3,(H,26,27). The van der Waals surface area contributed by atoms with Gasteiger partial charge in [0.15, 0.2) is 0 Å². The number of carbonyl (C=O) groups is 1. The fourth-order valence-electron chi connectivity index (χ4n) is 3.05. The van der Waals surface area contributed by atoms with E-state index in [0.29, 0.717) is 16.8 Å². The minimum Gasteiger partial charge on any atom is -0.477 e. The molecule has 0 bridgehead atoms. The summed E-state index contributed by atoms with van der Waals surface area (Å²) < 4.78 is 65.8. The molecule has 0 aromatic heterocycles. The second-order valence-electron chi connectivity index (χ2n) is 6.00. The number of halogens is 5. The summed E-state index contributed by atoms with van der Waals surface area (Å²) in [5, 5.41) is 8.64. The first kappa shape index (κ1) is 20.2. The first-order valence-electron chi connectivity index (χ1n) is 8.09. The Labute approximate surface area is 161 Å². The van der Waals surface area contributed by atoms with E-state index >= 15 is 0 Å². The third-order valence-electron chi connectivity index (χ3n) is 4.23. The summed E-state index contributed by atoms with van der Waals surface area (Å²) in [5.41, 5.74) is -0.315. The monoisotopic (exact) mass is 415 g/mol. The Morgan fingerprint density at radius 3 is 2.25 bits per heavy atom. The molecule has 1 N–H and O–H groups in total. The lowest BCUT2D eigenvalue weighted by atomic mass is 10.0. The van der Waals surface area contributed by atoms with Crippen LogP contribution < -0.4 is 4.90 Å². The van der Waals surface area contributed by atoms with Crippen LogP contribution in [0.2, 0.25) is 0 Å². The molecule has 0 saturated heterocycles. The van der Waals surface area contributed by atoms with Crippen molar-refractivity contribution in [1.29, 1.82) is 0 Å². The molecular weight excluding hydrogens is 401 g/mol. The van der Waals surface area contributed by atoms with Gasteiger partial charge in [0.05, 0.1) is 10.9 Å². The van der Waals surface area contributed by atoms with Crippen LogP contribution in [0.3, 0.4) is 0 Å². The summed E-state index contributed by atoms with van der Waals surface area (Å²) in [4.78, 5) is 12.2. The highest BCUT2D eigenvalue weighted by Gasteiger charge is 2.39. The molecule has 0 aliphatic carbocycles. The topological polar surface area (TPSA) is 40.5 Å². The Morgan fingerprint density at radius 1 is 1.11 bits per heavy atom. The van der Waals surface area contributed by atoms with Crippen molar-refractivity contribution in [1.82, 2.24) is 0 Å². The molecule has 9 heteroatoms. The molecule has 1 atom stereocenters. The number of hydrogen-bond acceptors (Lipinski definition) is 3. The van der Waals surface area contributed by atoms with Crippen molar-refractivity contribution in [2.24, 2.45) is 0 Å². The van der Waals surface area contributed by atoms with Crippen molar-refractivity contribution < 1.29 is 31.9 Å². The van der Waals surface area contributed by atoms with Crippen LogP contribution in [0.15, 0.2) is 59.1 Å².